The zero-order chi connectivity index (χ0) is 14.0. The van der Waals surface area contributed by atoms with Gasteiger partial charge in [0.05, 0.1) is 16.3 Å². The van der Waals surface area contributed by atoms with Crippen molar-refractivity contribution in [1.29, 1.82) is 0 Å². The molecular weight excluding hydrogens is 333 g/mol. The highest BCUT2D eigenvalue weighted by molar-refractivity contribution is 9.10. The van der Waals surface area contributed by atoms with E-state index >= 15 is 0 Å². The van der Waals surface area contributed by atoms with Crippen molar-refractivity contribution in [2.75, 3.05) is 5.73 Å². The number of anilines is 1. The minimum Gasteiger partial charge on any atom is -0.398 e. The first kappa shape index (κ1) is 14.0. The molecule has 0 saturated heterocycles. The lowest BCUT2D eigenvalue weighted by molar-refractivity contribution is 0.587. The first-order valence-electron chi connectivity index (χ1n) is 5.41. The number of nitrogens with two attached hydrogens (primary N) is 1. The molecule has 100 valence electrons. The molecule has 0 radical (unpaired) electrons. The van der Waals surface area contributed by atoms with Crippen molar-refractivity contribution in [2.24, 2.45) is 0 Å². The first-order valence-corrected chi connectivity index (χ1v) is 7.86. The van der Waals surface area contributed by atoms with E-state index in [9.17, 15) is 12.8 Å². The highest BCUT2D eigenvalue weighted by atomic mass is 79.9. The van der Waals surface area contributed by atoms with Gasteiger partial charge in [-0.2, -0.15) is 0 Å². The van der Waals surface area contributed by atoms with Crippen LogP contribution >= 0.6 is 15.9 Å². The maximum atomic E-state index is 13.5. The lowest BCUT2D eigenvalue weighted by atomic mass is 10.2. The number of halogens is 2. The number of hydrogen-bond donors (Lipinski definition) is 1. The Morgan fingerprint density at radius 1 is 1.16 bits per heavy atom. The second kappa shape index (κ2) is 5.30. The lowest BCUT2D eigenvalue weighted by Gasteiger charge is -2.08. The topological polar surface area (TPSA) is 60.2 Å². The highest BCUT2D eigenvalue weighted by Crippen LogP contribution is 2.26. The molecule has 0 heterocycles. The molecule has 0 aliphatic rings. The monoisotopic (exact) mass is 343 g/mol. The van der Waals surface area contributed by atoms with Crippen LogP contribution in [0.2, 0.25) is 0 Å². The maximum Gasteiger partial charge on any atom is 0.184 e. The second-order valence-corrected chi connectivity index (χ2v) is 6.91. The molecular formula is C13H11BrFNO2S. The first-order chi connectivity index (χ1) is 8.90. The summed E-state index contributed by atoms with van der Waals surface area (Å²) in [6.07, 6.45) is 0. The summed E-state index contributed by atoms with van der Waals surface area (Å²) in [6, 6.07) is 10.4. The Morgan fingerprint density at radius 2 is 1.84 bits per heavy atom. The molecule has 0 spiro atoms. The molecule has 2 aromatic rings. The zero-order valence-corrected chi connectivity index (χ0v) is 12.2. The summed E-state index contributed by atoms with van der Waals surface area (Å²) < 4.78 is 38.6. The van der Waals surface area contributed by atoms with Crippen LogP contribution in [0.3, 0.4) is 0 Å². The van der Waals surface area contributed by atoms with E-state index in [1.165, 1.54) is 30.3 Å². The van der Waals surface area contributed by atoms with Crippen molar-refractivity contribution in [3.05, 3.63) is 58.3 Å². The van der Waals surface area contributed by atoms with Crippen molar-refractivity contribution in [1.82, 2.24) is 0 Å². The van der Waals surface area contributed by atoms with E-state index in [1.54, 1.807) is 12.1 Å². The summed E-state index contributed by atoms with van der Waals surface area (Å²) in [5.74, 6) is -0.958. The average Bonchev–Trinajstić information content (AvgIpc) is 2.35. The van der Waals surface area contributed by atoms with E-state index in [-0.39, 0.29) is 16.1 Å². The zero-order valence-electron chi connectivity index (χ0n) is 9.81. The number of benzene rings is 2. The molecule has 2 rings (SSSR count). The van der Waals surface area contributed by atoms with Gasteiger partial charge in [0.2, 0.25) is 0 Å². The smallest absolute Gasteiger partial charge is 0.184 e. The predicted octanol–water partition coefficient (Wildman–Crippen LogP) is 3.14. The van der Waals surface area contributed by atoms with Crippen molar-refractivity contribution in [3.63, 3.8) is 0 Å². The second-order valence-electron chi connectivity index (χ2n) is 4.03. The maximum absolute atomic E-state index is 13.5. The summed E-state index contributed by atoms with van der Waals surface area (Å²) in [7, 11) is -3.68. The third kappa shape index (κ3) is 3.13. The highest BCUT2D eigenvalue weighted by Gasteiger charge is 2.20. The van der Waals surface area contributed by atoms with Crippen molar-refractivity contribution >= 4 is 31.5 Å². The van der Waals surface area contributed by atoms with Gasteiger partial charge in [0.1, 0.15) is 5.82 Å². The van der Waals surface area contributed by atoms with Crippen molar-refractivity contribution in [3.8, 4) is 0 Å². The van der Waals surface area contributed by atoms with E-state index in [0.717, 1.165) is 0 Å². The van der Waals surface area contributed by atoms with Crippen molar-refractivity contribution in [2.45, 2.75) is 10.6 Å². The van der Waals surface area contributed by atoms with E-state index in [2.05, 4.69) is 15.9 Å². The SMILES string of the molecule is Nc1ccc(Br)cc1S(=O)(=O)Cc1ccccc1F. The van der Waals surface area contributed by atoms with Crippen LogP contribution in [0.25, 0.3) is 0 Å². The minimum atomic E-state index is -3.68. The largest absolute Gasteiger partial charge is 0.398 e. The van der Waals surface area contributed by atoms with E-state index in [1.807, 2.05) is 0 Å². The predicted molar refractivity (Wildman–Crippen MR) is 75.8 cm³/mol. The normalized spacial score (nSPS) is 11.5. The van der Waals surface area contributed by atoms with Gasteiger partial charge in [-0.1, -0.05) is 34.1 Å². The molecule has 0 unspecified atom stereocenters. The van der Waals surface area contributed by atoms with Gasteiger partial charge >= 0.3 is 0 Å². The van der Waals surface area contributed by atoms with Crippen LogP contribution in [0.5, 0.6) is 0 Å². The fourth-order valence-electron chi connectivity index (χ4n) is 1.68. The van der Waals surface area contributed by atoms with Crippen molar-refractivity contribution < 1.29 is 12.8 Å². The molecule has 0 saturated carbocycles. The summed E-state index contributed by atoms with van der Waals surface area (Å²) >= 11 is 3.19. The molecule has 3 nitrogen and oxygen atoms in total. The summed E-state index contributed by atoms with van der Waals surface area (Å²) in [5.41, 5.74) is 5.95. The van der Waals surface area contributed by atoms with Crippen LogP contribution in [-0.4, -0.2) is 8.42 Å². The molecule has 2 aromatic carbocycles. The van der Waals surface area contributed by atoms with Gasteiger partial charge in [-0.3, -0.25) is 0 Å². The van der Waals surface area contributed by atoms with Crippen LogP contribution in [-0.2, 0) is 15.6 Å². The fourth-order valence-corrected chi connectivity index (χ4v) is 3.72. The molecule has 0 atom stereocenters. The van der Waals surface area contributed by atoms with E-state index < -0.39 is 21.4 Å². The van der Waals surface area contributed by atoms with Gasteiger partial charge in [0, 0.05) is 10.0 Å². The molecule has 2 N–H and O–H groups in total. The van der Waals surface area contributed by atoms with Gasteiger partial charge < -0.3 is 5.73 Å². The number of sulfone groups is 1. The Morgan fingerprint density at radius 3 is 2.53 bits per heavy atom. The Hall–Kier alpha value is -1.40. The lowest BCUT2D eigenvalue weighted by Crippen LogP contribution is -2.09. The minimum absolute atomic E-state index is 0.00475. The van der Waals surface area contributed by atoms with E-state index in [0.29, 0.717) is 4.47 Å². The number of hydrogen-bond acceptors (Lipinski definition) is 3. The molecule has 0 aromatic heterocycles. The number of nitrogen functional groups attached to an aromatic ring is 1. The Labute approximate surface area is 119 Å². The van der Waals surface area contributed by atoms with Gasteiger partial charge in [0.15, 0.2) is 9.84 Å². The number of rotatable bonds is 3. The average molecular weight is 344 g/mol. The molecule has 0 bridgehead atoms. The van der Waals surface area contributed by atoms with Gasteiger partial charge in [-0.05, 0) is 24.3 Å². The Bertz CT molecular complexity index is 716. The van der Waals surface area contributed by atoms with Crippen LogP contribution in [0, 0.1) is 5.82 Å². The molecule has 6 heteroatoms. The van der Waals surface area contributed by atoms with Crippen LogP contribution in [0.15, 0.2) is 51.8 Å². The molecule has 0 amide bonds. The van der Waals surface area contributed by atoms with Crippen LogP contribution in [0.4, 0.5) is 10.1 Å². The molecule has 0 fully saturated rings. The Balaban J connectivity index is 2.44. The van der Waals surface area contributed by atoms with Gasteiger partial charge in [-0.15, -0.1) is 0 Å². The molecule has 0 aliphatic heterocycles. The quantitative estimate of drug-likeness (QED) is 0.871. The standard InChI is InChI=1S/C13H11BrFNO2S/c14-10-5-6-12(16)13(7-10)19(17,18)8-9-3-1-2-4-11(9)15/h1-7H,8,16H2. The van der Waals surface area contributed by atoms with Gasteiger partial charge in [-0.25, -0.2) is 12.8 Å². The molecule has 19 heavy (non-hydrogen) atoms. The van der Waals surface area contributed by atoms with Gasteiger partial charge in [0.25, 0.3) is 0 Å². The third-order valence-electron chi connectivity index (χ3n) is 2.61. The van der Waals surface area contributed by atoms with E-state index in [4.69, 9.17) is 5.73 Å². The summed E-state index contributed by atoms with van der Waals surface area (Å²) in [4.78, 5) is 0.00475. The van der Waals surface area contributed by atoms with Crippen LogP contribution < -0.4 is 5.73 Å². The summed E-state index contributed by atoms with van der Waals surface area (Å²) in [6.45, 7) is 0. The summed E-state index contributed by atoms with van der Waals surface area (Å²) in [5, 5.41) is 0. The fraction of sp³-hybridized carbons (Fsp3) is 0.0769. The third-order valence-corrected chi connectivity index (χ3v) is 4.82. The Kier molecular flexibility index (Phi) is 3.91. The van der Waals surface area contributed by atoms with Crippen LogP contribution in [0.1, 0.15) is 5.56 Å². The molecule has 0 aliphatic carbocycles.